The predicted molar refractivity (Wildman–Crippen MR) is 133 cm³/mol. The third-order valence-electron chi connectivity index (χ3n) is 5.03. The largest absolute Gasteiger partial charge is 0.465 e. The van der Waals surface area contributed by atoms with Crippen molar-refractivity contribution in [1.82, 2.24) is 14.9 Å². The summed E-state index contributed by atoms with van der Waals surface area (Å²) in [6, 6.07) is 14.9. The highest BCUT2D eigenvalue weighted by atomic mass is 32.2. The van der Waals surface area contributed by atoms with Crippen LogP contribution in [0.5, 0.6) is 0 Å². The van der Waals surface area contributed by atoms with Gasteiger partial charge in [-0.15, -0.1) is 22.7 Å². The molecule has 0 spiro atoms. The van der Waals surface area contributed by atoms with E-state index in [0.29, 0.717) is 25.9 Å². The molecule has 0 radical (unpaired) electrons. The number of nitrogens with zero attached hydrogens (tertiary/aromatic N) is 1. The lowest BCUT2D eigenvalue weighted by Gasteiger charge is -2.27. The van der Waals surface area contributed by atoms with E-state index in [1.54, 1.807) is 23.1 Å². The number of carboxylic acid groups (broad SMARTS) is 1. The van der Waals surface area contributed by atoms with Crippen LogP contribution in [0.2, 0.25) is 0 Å². The van der Waals surface area contributed by atoms with Crippen molar-refractivity contribution in [3.05, 3.63) is 75.1 Å². The van der Waals surface area contributed by atoms with Gasteiger partial charge in [-0.25, -0.2) is 17.9 Å². The standard InChI is InChI=1S/C23H27N3O5S3/c27-22(26(16-18-8-6-14-32-18)17-19-9-7-15-33-19)21(25-23(28)29)12-4-5-13-24-34(30,31)20-10-2-1-3-11-20/h1-3,6-11,14-15,21,24-25H,4-5,12-13,16-17H2,(H,28,29)/t21-/m0/s1. The fourth-order valence-electron chi connectivity index (χ4n) is 3.38. The zero-order valence-corrected chi connectivity index (χ0v) is 20.9. The molecule has 0 fully saturated rings. The molecule has 3 N–H and O–H groups in total. The summed E-state index contributed by atoms with van der Waals surface area (Å²) < 4.78 is 27.2. The Balaban J connectivity index is 1.59. The van der Waals surface area contributed by atoms with Gasteiger partial charge in [0.2, 0.25) is 15.9 Å². The van der Waals surface area contributed by atoms with Crippen molar-refractivity contribution in [2.45, 2.75) is 43.3 Å². The molecule has 182 valence electrons. The van der Waals surface area contributed by atoms with Crippen molar-refractivity contribution in [2.75, 3.05) is 6.54 Å². The highest BCUT2D eigenvalue weighted by Gasteiger charge is 2.26. The van der Waals surface area contributed by atoms with Crippen LogP contribution in [0.4, 0.5) is 4.79 Å². The molecule has 2 aromatic heterocycles. The summed E-state index contributed by atoms with van der Waals surface area (Å²) in [7, 11) is -3.60. The topological polar surface area (TPSA) is 116 Å². The second kappa shape index (κ2) is 12.7. The Labute approximate surface area is 207 Å². The van der Waals surface area contributed by atoms with Crippen LogP contribution < -0.4 is 10.0 Å². The molecule has 0 aliphatic rings. The Morgan fingerprint density at radius 1 is 0.912 bits per heavy atom. The number of hydrogen-bond acceptors (Lipinski definition) is 6. The van der Waals surface area contributed by atoms with Crippen LogP contribution in [0.3, 0.4) is 0 Å². The monoisotopic (exact) mass is 521 g/mol. The van der Waals surface area contributed by atoms with Gasteiger partial charge in [-0.05, 0) is 54.3 Å². The predicted octanol–water partition coefficient (Wildman–Crippen LogP) is 4.12. The van der Waals surface area contributed by atoms with Crippen LogP contribution in [0.25, 0.3) is 0 Å². The van der Waals surface area contributed by atoms with E-state index in [9.17, 15) is 23.1 Å². The lowest BCUT2D eigenvalue weighted by atomic mass is 10.1. The fraction of sp³-hybridized carbons (Fsp3) is 0.304. The molecule has 0 unspecified atom stereocenters. The van der Waals surface area contributed by atoms with E-state index in [1.807, 2.05) is 35.0 Å². The molecule has 1 atom stereocenters. The summed E-state index contributed by atoms with van der Waals surface area (Å²) in [4.78, 5) is 28.6. The van der Waals surface area contributed by atoms with Crippen molar-refractivity contribution in [3.63, 3.8) is 0 Å². The first-order valence-electron chi connectivity index (χ1n) is 10.7. The van der Waals surface area contributed by atoms with Crippen LogP contribution >= 0.6 is 22.7 Å². The number of nitrogens with one attached hydrogen (secondary N) is 2. The number of rotatable bonds is 13. The SMILES string of the molecule is O=C(O)N[C@@H](CCCCNS(=O)(=O)c1ccccc1)C(=O)N(Cc1cccs1)Cc1cccs1. The highest BCUT2D eigenvalue weighted by Crippen LogP contribution is 2.19. The van der Waals surface area contributed by atoms with Crippen LogP contribution in [0.1, 0.15) is 29.0 Å². The van der Waals surface area contributed by atoms with E-state index in [1.165, 1.54) is 34.8 Å². The molecule has 34 heavy (non-hydrogen) atoms. The molecular weight excluding hydrogens is 494 g/mol. The molecule has 0 aliphatic carbocycles. The molecular formula is C23H27N3O5S3. The summed E-state index contributed by atoms with van der Waals surface area (Å²) in [6.07, 6.45) is -0.0634. The van der Waals surface area contributed by atoms with Gasteiger partial charge in [0, 0.05) is 16.3 Å². The van der Waals surface area contributed by atoms with E-state index >= 15 is 0 Å². The fourth-order valence-corrected chi connectivity index (χ4v) is 5.92. The Kier molecular flexibility index (Phi) is 9.63. The van der Waals surface area contributed by atoms with Crippen LogP contribution in [0.15, 0.2) is 70.3 Å². The number of thiophene rings is 2. The minimum Gasteiger partial charge on any atom is -0.465 e. The number of carbonyl (C=O) groups is 2. The summed E-state index contributed by atoms with van der Waals surface area (Å²) >= 11 is 3.08. The van der Waals surface area contributed by atoms with Gasteiger partial charge in [-0.3, -0.25) is 4.79 Å². The molecule has 3 aromatic rings. The zero-order valence-electron chi connectivity index (χ0n) is 18.4. The number of sulfonamides is 1. The smallest absolute Gasteiger partial charge is 0.405 e. The van der Waals surface area contributed by atoms with Gasteiger partial charge in [0.15, 0.2) is 0 Å². The number of unbranched alkanes of at least 4 members (excludes halogenated alkanes) is 1. The molecule has 1 aromatic carbocycles. The van der Waals surface area contributed by atoms with Gasteiger partial charge in [0.05, 0.1) is 18.0 Å². The summed E-state index contributed by atoms with van der Waals surface area (Å²) in [6.45, 7) is 0.978. The van der Waals surface area contributed by atoms with E-state index < -0.39 is 22.2 Å². The van der Waals surface area contributed by atoms with Crippen LogP contribution in [0, 0.1) is 0 Å². The van der Waals surface area contributed by atoms with E-state index in [2.05, 4.69) is 10.0 Å². The van der Waals surface area contributed by atoms with Gasteiger partial charge in [-0.2, -0.15) is 0 Å². The van der Waals surface area contributed by atoms with Gasteiger partial charge >= 0.3 is 6.09 Å². The minimum atomic E-state index is -3.60. The maximum Gasteiger partial charge on any atom is 0.405 e. The Hall–Kier alpha value is -2.73. The van der Waals surface area contributed by atoms with Crippen LogP contribution in [-0.2, 0) is 27.9 Å². The first kappa shape index (κ1) is 25.9. The zero-order chi connectivity index (χ0) is 24.4. The first-order chi connectivity index (χ1) is 16.3. The molecule has 0 saturated heterocycles. The average Bonchev–Trinajstić information content (AvgIpc) is 3.52. The quantitative estimate of drug-likeness (QED) is 0.293. The Morgan fingerprint density at radius 2 is 1.53 bits per heavy atom. The molecule has 0 aliphatic heterocycles. The third-order valence-corrected chi connectivity index (χ3v) is 8.23. The maximum absolute atomic E-state index is 13.3. The summed E-state index contributed by atoms with van der Waals surface area (Å²) in [5.41, 5.74) is 0. The molecule has 0 saturated carbocycles. The Bertz CT molecular complexity index is 1100. The Morgan fingerprint density at radius 3 is 2.06 bits per heavy atom. The normalized spacial score (nSPS) is 12.2. The minimum absolute atomic E-state index is 0.188. The second-order valence-corrected chi connectivity index (χ2v) is 11.4. The third kappa shape index (κ3) is 7.94. The number of amides is 2. The van der Waals surface area contributed by atoms with Crippen LogP contribution in [-0.4, -0.2) is 43.0 Å². The van der Waals surface area contributed by atoms with Gasteiger partial charge < -0.3 is 15.3 Å². The van der Waals surface area contributed by atoms with E-state index in [0.717, 1.165) is 9.75 Å². The molecule has 2 heterocycles. The molecule has 8 nitrogen and oxygen atoms in total. The van der Waals surface area contributed by atoms with Gasteiger partial charge in [0.25, 0.3) is 0 Å². The molecule has 2 amide bonds. The van der Waals surface area contributed by atoms with Crippen molar-refractivity contribution in [1.29, 1.82) is 0 Å². The summed E-state index contributed by atoms with van der Waals surface area (Å²) in [5, 5.41) is 15.5. The molecule has 3 rings (SSSR count). The lowest BCUT2D eigenvalue weighted by Crippen LogP contribution is -2.47. The first-order valence-corrected chi connectivity index (χ1v) is 14.0. The highest BCUT2D eigenvalue weighted by molar-refractivity contribution is 7.89. The van der Waals surface area contributed by atoms with Gasteiger partial charge in [0.1, 0.15) is 6.04 Å². The van der Waals surface area contributed by atoms with Crippen molar-refractivity contribution >= 4 is 44.7 Å². The van der Waals surface area contributed by atoms with Gasteiger partial charge in [-0.1, -0.05) is 30.3 Å². The lowest BCUT2D eigenvalue weighted by molar-refractivity contribution is -0.134. The molecule has 11 heteroatoms. The van der Waals surface area contributed by atoms with E-state index in [-0.39, 0.29) is 23.8 Å². The number of benzene rings is 1. The number of hydrogen-bond donors (Lipinski definition) is 3. The maximum atomic E-state index is 13.3. The van der Waals surface area contributed by atoms with Crippen molar-refractivity contribution < 1.29 is 23.1 Å². The average molecular weight is 522 g/mol. The van der Waals surface area contributed by atoms with E-state index in [4.69, 9.17) is 0 Å². The van der Waals surface area contributed by atoms with Crippen molar-refractivity contribution in [3.8, 4) is 0 Å². The second-order valence-electron chi connectivity index (χ2n) is 7.56. The molecule has 0 bridgehead atoms. The van der Waals surface area contributed by atoms with Crippen molar-refractivity contribution in [2.24, 2.45) is 0 Å². The number of carbonyl (C=O) groups excluding carboxylic acids is 1. The summed E-state index contributed by atoms with van der Waals surface area (Å²) in [5.74, 6) is -0.297.